The van der Waals surface area contributed by atoms with E-state index in [1.54, 1.807) is 19.9 Å². The minimum absolute atomic E-state index is 0. The molecule has 28 heavy (non-hydrogen) atoms. The second-order valence-electron chi connectivity index (χ2n) is 7.15. The number of fused-ring (bicyclic) bond motifs is 1. The number of hydrogen-bond acceptors (Lipinski definition) is 5. The summed E-state index contributed by atoms with van der Waals surface area (Å²) in [5, 5.41) is 5.32. The van der Waals surface area contributed by atoms with Crippen molar-refractivity contribution in [1.29, 1.82) is 0 Å². The van der Waals surface area contributed by atoms with Crippen LogP contribution in [0.3, 0.4) is 0 Å². The van der Waals surface area contributed by atoms with Gasteiger partial charge in [-0.25, -0.2) is 0 Å². The van der Waals surface area contributed by atoms with Crippen LogP contribution in [0, 0.1) is 0 Å². The van der Waals surface area contributed by atoms with Crippen LogP contribution in [0.2, 0.25) is 0 Å². The molecule has 0 aliphatic carbocycles. The molecule has 2 aromatic rings. The molecule has 0 heterocycles. The molecule has 0 amide bonds. The largest absolute Gasteiger partial charge is 0.422 e. The smallest absolute Gasteiger partial charge is 0.311 e. The summed E-state index contributed by atoms with van der Waals surface area (Å²) in [6, 6.07) is 9.63. The molecule has 0 aromatic heterocycles. The molecule has 154 valence electrons. The van der Waals surface area contributed by atoms with Gasteiger partial charge in [-0.1, -0.05) is 52.8 Å². The Morgan fingerprint density at radius 1 is 0.964 bits per heavy atom. The summed E-state index contributed by atoms with van der Waals surface area (Å²) in [7, 11) is 0. The number of carbonyl (C=O) groups is 2. The standard InChI is InChI=1S/C22H29NO4.ClH/c1-6-20(24)26-18-12-15-10-9-11-17(22(4,5)14-23-8-3)16(15)13-19(18)27-21(25)7-2;/h9-13,23H,6-8,14H2,1-5H3;1H. The first-order valence-electron chi connectivity index (χ1n) is 9.51. The molecule has 0 saturated carbocycles. The Bertz CT molecular complexity index is 833. The quantitative estimate of drug-likeness (QED) is 0.504. The molecule has 6 heteroatoms. The Labute approximate surface area is 173 Å². The molecule has 0 bridgehead atoms. The molecule has 0 aliphatic heterocycles. The Kier molecular flexibility index (Phi) is 8.92. The summed E-state index contributed by atoms with van der Waals surface area (Å²) < 4.78 is 10.9. The molecule has 5 nitrogen and oxygen atoms in total. The second kappa shape index (κ2) is 10.4. The molecule has 0 saturated heterocycles. The van der Waals surface area contributed by atoms with Crippen molar-refractivity contribution in [3.63, 3.8) is 0 Å². The van der Waals surface area contributed by atoms with E-state index in [2.05, 4.69) is 32.2 Å². The van der Waals surface area contributed by atoms with Gasteiger partial charge in [-0.05, 0) is 35.0 Å². The maximum Gasteiger partial charge on any atom is 0.311 e. The van der Waals surface area contributed by atoms with Gasteiger partial charge >= 0.3 is 11.9 Å². The lowest BCUT2D eigenvalue weighted by atomic mass is 9.81. The van der Waals surface area contributed by atoms with Crippen LogP contribution in [-0.4, -0.2) is 25.0 Å². The number of nitrogens with one attached hydrogen (secondary N) is 1. The predicted octanol–water partition coefficient (Wildman–Crippen LogP) is 4.78. The number of benzene rings is 2. The Hall–Kier alpha value is -2.11. The lowest BCUT2D eigenvalue weighted by Crippen LogP contribution is -2.33. The topological polar surface area (TPSA) is 64.6 Å². The van der Waals surface area contributed by atoms with E-state index in [1.165, 1.54) is 0 Å². The summed E-state index contributed by atoms with van der Waals surface area (Å²) in [6.45, 7) is 11.6. The second-order valence-corrected chi connectivity index (χ2v) is 7.15. The van der Waals surface area contributed by atoms with Crippen molar-refractivity contribution in [3.8, 4) is 11.5 Å². The summed E-state index contributed by atoms with van der Waals surface area (Å²) in [5.41, 5.74) is 1.02. The predicted molar refractivity (Wildman–Crippen MR) is 115 cm³/mol. The summed E-state index contributed by atoms with van der Waals surface area (Å²) in [4.78, 5) is 23.7. The molecular weight excluding hydrogens is 378 g/mol. The van der Waals surface area contributed by atoms with E-state index in [9.17, 15) is 9.59 Å². The normalized spacial score (nSPS) is 11.0. The lowest BCUT2D eigenvalue weighted by Gasteiger charge is -2.27. The van der Waals surface area contributed by atoms with E-state index in [1.807, 2.05) is 18.2 Å². The van der Waals surface area contributed by atoms with Gasteiger partial charge in [0.1, 0.15) is 0 Å². The molecule has 0 aliphatic rings. The first-order chi connectivity index (χ1) is 12.8. The summed E-state index contributed by atoms with van der Waals surface area (Å²) >= 11 is 0. The highest BCUT2D eigenvalue weighted by atomic mass is 35.5. The maximum atomic E-state index is 11.9. The fraction of sp³-hybridized carbons (Fsp3) is 0.455. The Morgan fingerprint density at radius 2 is 1.54 bits per heavy atom. The van der Waals surface area contributed by atoms with E-state index in [0.29, 0.717) is 0 Å². The van der Waals surface area contributed by atoms with Crippen molar-refractivity contribution in [2.75, 3.05) is 13.1 Å². The maximum absolute atomic E-state index is 11.9. The van der Waals surface area contributed by atoms with Gasteiger partial charge in [-0.15, -0.1) is 12.4 Å². The van der Waals surface area contributed by atoms with Crippen LogP contribution < -0.4 is 14.8 Å². The molecule has 2 aromatic carbocycles. The van der Waals surface area contributed by atoms with E-state index in [4.69, 9.17) is 9.47 Å². The fourth-order valence-corrected chi connectivity index (χ4v) is 2.96. The van der Waals surface area contributed by atoms with Gasteiger partial charge in [0.15, 0.2) is 11.5 Å². The van der Waals surface area contributed by atoms with Gasteiger partial charge in [0.25, 0.3) is 0 Å². The SMILES string of the molecule is CCNCC(C)(C)c1cccc2cc(OC(=O)CC)c(OC(=O)CC)cc12.Cl. The number of hydrogen-bond donors (Lipinski definition) is 1. The Balaban J connectivity index is 0.00000392. The summed E-state index contributed by atoms with van der Waals surface area (Å²) in [6.07, 6.45) is 0.488. The van der Waals surface area contributed by atoms with Crippen LogP contribution in [0.1, 0.15) is 53.0 Å². The third-order valence-corrected chi connectivity index (χ3v) is 4.52. The molecule has 0 radical (unpaired) electrons. The fourth-order valence-electron chi connectivity index (χ4n) is 2.96. The monoisotopic (exact) mass is 407 g/mol. The van der Waals surface area contributed by atoms with E-state index >= 15 is 0 Å². The third-order valence-electron chi connectivity index (χ3n) is 4.52. The van der Waals surface area contributed by atoms with E-state index < -0.39 is 0 Å². The minimum Gasteiger partial charge on any atom is -0.422 e. The van der Waals surface area contributed by atoms with Crippen molar-refractivity contribution in [3.05, 3.63) is 35.9 Å². The van der Waals surface area contributed by atoms with Gasteiger partial charge in [0.2, 0.25) is 0 Å². The number of rotatable bonds is 8. The first kappa shape index (κ1) is 23.9. The molecule has 0 spiro atoms. The zero-order valence-corrected chi connectivity index (χ0v) is 18.1. The molecular formula is C22H30ClNO4. The highest BCUT2D eigenvalue weighted by molar-refractivity contribution is 5.91. The highest BCUT2D eigenvalue weighted by Gasteiger charge is 2.24. The molecule has 1 N–H and O–H groups in total. The first-order valence-corrected chi connectivity index (χ1v) is 9.51. The van der Waals surface area contributed by atoms with Gasteiger partial charge in [-0.2, -0.15) is 0 Å². The van der Waals surface area contributed by atoms with Gasteiger partial charge in [0, 0.05) is 24.8 Å². The van der Waals surface area contributed by atoms with Gasteiger partial charge in [0.05, 0.1) is 0 Å². The molecule has 0 fully saturated rings. The average Bonchev–Trinajstić information content (AvgIpc) is 2.65. The third kappa shape index (κ3) is 5.69. The van der Waals surface area contributed by atoms with Crippen LogP contribution in [0.25, 0.3) is 10.8 Å². The zero-order chi connectivity index (χ0) is 20.0. The van der Waals surface area contributed by atoms with Crippen molar-refractivity contribution < 1.29 is 19.1 Å². The van der Waals surface area contributed by atoms with Crippen LogP contribution in [0.5, 0.6) is 11.5 Å². The highest BCUT2D eigenvalue weighted by Crippen LogP contribution is 2.38. The number of carbonyl (C=O) groups excluding carboxylic acids is 2. The number of esters is 2. The van der Waals surface area contributed by atoms with E-state index in [-0.39, 0.29) is 54.1 Å². The van der Waals surface area contributed by atoms with Crippen molar-refractivity contribution in [2.45, 2.75) is 52.9 Å². The molecule has 2 rings (SSSR count). The van der Waals surface area contributed by atoms with Crippen LogP contribution in [-0.2, 0) is 15.0 Å². The van der Waals surface area contributed by atoms with Crippen molar-refractivity contribution >= 4 is 35.1 Å². The molecule has 0 unspecified atom stereocenters. The zero-order valence-electron chi connectivity index (χ0n) is 17.3. The average molecular weight is 408 g/mol. The number of ether oxygens (including phenoxy) is 2. The van der Waals surface area contributed by atoms with Crippen molar-refractivity contribution in [2.24, 2.45) is 0 Å². The van der Waals surface area contributed by atoms with Gasteiger partial charge in [-0.3, -0.25) is 9.59 Å². The van der Waals surface area contributed by atoms with Crippen molar-refractivity contribution in [1.82, 2.24) is 5.32 Å². The van der Waals surface area contributed by atoms with Crippen LogP contribution in [0.15, 0.2) is 30.3 Å². The molecule has 0 atom stereocenters. The lowest BCUT2D eigenvalue weighted by molar-refractivity contribution is -0.136. The Morgan fingerprint density at radius 3 is 2.07 bits per heavy atom. The number of likely N-dealkylation sites (N-methyl/N-ethyl adjacent to an activating group) is 1. The van der Waals surface area contributed by atoms with E-state index in [0.717, 1.165) is 29.4 Å². The van der Waals surface area contributed by atoms with Crippen LogP contribution in [0.4, 0.5) is 0 Å². The minimum atomic E-state index is -0.369. The van der Waals surface area contributed by atoms with Crippen LogP contribution >= 0.6 is 12.4 Å². The number of halogens is 1. The van der Waals surface area contributed by atoms with Gasteiger partial charge < -0.3 is 14.8 Å². The summed E-state index contributed by atoms with van der Waals surface area (Å²) in [5.74, 6) is -0.181.